The molecule has 1 amide bonds. The number of pyridine rings is 1. The Kier molecular flexibility index (Phi) is 4.88. The van der Waals surface area contributed by atoms with Gasteiger partial charge in [-0.3, -0.25) is 19.1 Å². The lowest BCUT2D eigenvalue weighted by atomic mass is 10.1. The maximum absolute atomic E-state index is 13.6. The molecule has 7 nitrogen and oxygen atoms in total. The summed E-state index contributed by atoms with van der Waals surface area (Å²) in [6.07, 6.45) is 1.69. The van der Waals surface area contributed by atoms with Crippen molar-refractivity contribution in [3.05, 3.63) is 77.0 Å². The zero-order chi connectivity index (χ0) is 20.5. The predicted molar refractivity (Wildman–Crippen MR) is 111 cm³/mol. The van der Waals surface area contributed by atoms with Gasteiger partial charge in [-0.1, -0.05) is 18.2 Å². The Morgan fingerprint density at radius 3 is 2.48 bits per heavy atom. The minimum atomic E-state index is -0.0502. The van der Waals surface area contributed by atoms with Crippen LogP contribution in [0.3, 0.4) is 0 Å². The van der Waals surface area contributed by atoms with Crippen LogP contribution in [0.2, 0.25) is 0 Å². The molecule has 0 bridgehead atoms. The highest BCUT2D eigenvalue weighted by atomic mass is 16.2. The second-order valence-electron chi connectivity index (χ2n) is 7.34. The average Bonchev–Trinajstić information content (AvgIpc) is 3.19. The van der Waals surface area contributed by atoms with Crippen molar-refractivity contribution in [2.45, 2.75) is 26.9 Å². The highest BCUT2D eigenvalue weighted by Gasteiger charge is 2.21. The quantitative estimate of drug-likeness (QED) is 0.527. The van der Waals surface area contributed by atoms with Crippen molar-refractivity contribution in [1.29, 1.82) is 0 Å². The fraction of sp³-hybridized carbons (Fsp3) is 0.273. The number of benzene rings is 1. The Morgan fingerprint density at radius 2 is 1.79 bits per heavy atom. The highest BCUT2D eigenvalue weighted by Crippen LogP contribution is 2.21. The lowest BCUT2D eigenvalue weighted by Crippen LogP contribution is -2.31. The summed E-state index contributed by atoms with van der Waals surface area (Å²) in [7, 11) is 3.81. The van der Waals surface area contributed by atoms with Gasteiger partial charge in [0, 0.05) is 31.4 Å². The molecule has 0 saturated heterocycles. The molecule has 1 aromatic carbocycles. The molecule has 0 saturated carbocycles. The number of nitrogens with zero attached hydrogens (tertiary/aromatic N) is 6. The molecule has 0 spiro atoms. The number of hydrogen-bond donors (Lipinski definition) is 0. The molecule has 4 aromatic rings. The second kappa shape index (κ2) is 7.50. The lowest BCUT2D eigenvalue weighted by Gasteiger charge is -2.22. The SMILES string of the molecule is Cc1cc(CN(Cc2cc(C)n(C)n2)C(=O)c2ccnc3ccccc23)n(C)n1. The van der Waals surface area contributed by atoms with Gasteiger partial charge in [-0.25, -0.2) is 0 Å². The maximum Gasteiger partial charge on any atom is 0.255 e. The standard InChI is InChI=1S/C22H24N6O/c1-15-11-18(27(4)24-15)14-28(13-17-12-16(2)26(3)25-17)22(29)20-9-10-23-21-8-6-5-7-19(20)21/h5-12H,13-14H2,1-4H3. The van der Waals surface area contributed by atoms with E-state index < -0.39 is 0 Å². The van der Waals surface area contributed by atoms with E-state index in [-0.39, 0.29) is 5.91 Å². The second-order valence-corrected chi connectivity index (χ2v) is 7.34. The van der Waals surface area contributed by atoms with E-state index in [0.717, 1.165) is 33.7 Å². The highest BCUT2D eigenvalue weighted by molar-refractivity contribution is 6.05. The number of carbonyl (C=O) groups is 1. The zero-order valence-electron chi connectivity index (χ0n) is 17.1. The fourth-order valence-electron chi connectivity index (χ4n) is 3.57. The molecular weight excluding hydrogens is 364 g/mol. The van der Waals surface area contributed by atoms with Gasteiger partial charge in [-0.2, -0.15) is 10.2 Å². The summed E-state index contributed by atoms with van der Waals surface area (Å²) >= 11 is 0. The third-order valence-corrected chi connectivity index (χ3v) is 5.14. The monoisotopic (exact) mass is 388 g/mol. The normalized spacial score (nSPS) is 11.2. The first-order valence-electron chi connectivity index (χ1n) is 9.54. The van der Waals surface area contributed by atoms with Crippen molar-refractivity contribution in [2.75, 3.05) is 0 Å². The molecule has 0 aliphatic heterocycles. The molecule has 0 aliphatic rings. The molecule has 4 rings (SSSR count). The Bertz CT molecular complexity index is 1160. The molecule has 0 atom stereocenters. The Labute approximate surface area is 169 Å². The predicted octanol–water partition coefficient (Wildman–Crippen LogP) is 3.16. The van der Waals surface area contributed by atoms with E-state index >= 15 is 0 Å². The summed E-state index contributed by atoms with van der Waals surface area (Å²) in [5.74, 6) is -0.0502. The van der Waals surface area contributed by atoms with Gasteiger partial charge in [0.05, 0.1) is 41.3 Å². The maximum atomic E-state index is 13.6. The summed E-state index contributed by atoms with van der Waals surface area (Å²) < 4.78 is 3.65. The van der Waals surface area contributed by atoms with Crippen LogP contribution in [-0.2, 0) is 27.2 Å². The van der Waals surface area contributed by atoms with Crippen LogP contribution in [0.1, 0.15) is 33.1 Å². The smallest absolute Gasteiger partial charge is 0.255 e. The number of fused-ring (bicyclic) bond motifs is 1. The van der Waals surface area contributed by atoms with E-state index in [0.29, 0.717) is 18.7 Å². The van der Waals surface area contributed by atoms with E-state index in [1.165, 1.54) is 0 Å². The molecule has 29 heavy (non-hydrogen) atoms. The van der Waals surface area contributed by atoms with Crippen molar-refractivity contribution in [3.8, 4) is 0 Å². The number of aryl methyl sites for hydroxylation is 4. The van der Waals surface area contributed by atoms with Crippen LogP contribution < -0.4 is 0 Å². The first-order chi connectivity index (χ1) is 13.9. The first-order valence-corrected chi connectivity index (χ1v) is 9.54. The molecule has 0 unspecified atom stereocenters. The van der Waals surface area contributed by atoms with E-state index in [9.17, 15) is 4.79 Å². The molecule has 3 heterocycles. The number of para-hydroxylation sites is 1. The zero-order valence-corrected chi connectivity index (χ0v) is 17.1. The van der Waals surface area contributed by atoms with Crippen LogP contribution in [0, 0.1) is 13.8 Å². The van der Waals surface area contributed by atoms with Crippen molar-refractivity contribution in [2.24, 2.45) is 14.1 Å². The minimum Gasteiger partial charge on any atom is -0.327 e. The van der Waals surface area contributed by atoms with Gasteiger partial charge in [-0.05, 0) is 38.1 Å². The van der Waals surface area contributed by atoms with E-state index in [1.54, 1.807) is 12.3 Å². The average molecular weight is 388 g/mol. The Hall–Kier alpha value is -3.48. The van der Waals surface area contributed by atoms with Gasteiger partial charge in [0.2, 0.25) is 0 Å². The number of hydrogen-bond acceptors (Lipinski definition) is 4. The van der Waals surface area contributed by atoms with E-state index in [4.69, 9.17) is 0 Å². The largest absolute Gasteiger partial charge is 0.327 e. The third-order valence-electron chi connectivity index (χ3n) is 5.14. The van der Waals surface area contributed by atoms with Gasteiger partial charge < -0.3 is 4.90 Å². The van der Waals surface area contributed by atoms with Crippen LogP contribution in [-0.4, -0.2) is 35.4 Å². The van der Waals surface area contributed by atoms with Crippen LogP contribution >= 0.6 is 0 Å². The van der Waals surface area contributed by atoms with Crippen molar-refractivity contribution < 1.29 is 4.79 Å². The molecule has 7 heteroatoms. The molecule has 148 valence electrons. The number of carbonyl (C=O) groups excluding carboxylic acids is 1. The molecule has 3 aromatic heterocycles. The summed E-state index contributed by atoms with van der Waals surface area (Å²) in [6, 6.07) is 13.5. The van der Waals surface area contributed by atoms with Crippen LogP contribution in [0.5, 0.6) is 0 Å². The summed E-state index contributed by atoms with van der Waals surface area (Å²) in [4.78, 5) is 19.8. The number of rotatable bonds is 5. The summed E-state index contributed by atoms with van der Waals surface area (Å²) in [5.41, 5.74) is 5.26. The van der Waals surface area contributed by atoms with Crippen LogP contribution in [0.15, 0.2) is 48.7 Å². The van der Waals surface area contributed by atoms with Gasteiger partial charge in [0.15, 0.2) is 0 Å². The number of aromatic nitrogens is 5. The molecule has 0 radical (unpaired) electrons. The van der Waals surface area contributed by atoms with Crippen molar-refractivity contribution in [1.82, 2.24) is 29.4 Å². The molecule has 0 fully saturated rings. The van der Waals surface area contributed by atoms with Crippen LogP contribution in [0.25, 0.3) is 10.9 Å². The van der Waals surface area contributed by atoms with E-state index in [2.05, 4.69) is 15.2 Å². The van der Waals surface area contributed by atoms with Gasteiger partial charge in [-0.15, -0.1) is 0 Å². The van der Waals surface area contributed by atoms with Gasteiger partial charge in [0.1, 0.15) is 0 Å². The topological polar surface area (TPSA) is 68.8 Å². The first kappa shape index (κ1) is 18.9. The molecule has 0 aliphatic carbocycles. The summed E-state index contributed by atoms with van der Waals surface area (Å²) in [5, 5.41) is 9.82. The van der Waals surface area contributed by atoms with Crippen molar-refractivity contribution in [3.63, 3.8) is 0 Å². The lowest BCUT2D eigenvalue weighted by molar-refractivity contribution is 0.0725. The third kappa shape index (κ3) is 3.76. The van der Waals surface area contributed by atoms with E-state index in [1.807, 2.05) is 78.6 Å². The molecular formula is C22H24N6O. The van der Waals surface area contributed by atoms with Crippen LogP contribution in [0.4, 0.5) is 0 Å². The minimum absolute atomic E-state index is 0.0502. The fourth-order valence-corrected chi connectivity index (χ4v) is 3.57. The summed E-state index contributed by atoms with van der Waals surface area (Å²) in [6.45, 7) is 4.82. The Balaban J connectivity index is 1.73. The number of amides is 1. The Morgan fingerprint density at radius 1 is 1.00 bits per heavy atom. The van der Waals surface area contributed by atoms with Gasteiger partial charge >= 0.3 is 0 Å². The van der Waals surface area contributed by atoms with Gasteiger partial charge in [0.25, 0.3) is 5.91 Å². The molecule has 0 N–H and O–H groups in total. The van der Waals surface area contributed by atoms with Crippen molar-refractivity contribution >= 4 is 16.8 Å².